The molecule has 0 aliphatic rings. The summed E-state index contributed by atoms with van der Waals surface area (Å²) in [4.78, 5) is 4.12. The van der Waals surface area contributed by atoms with Gasteiger partial charge in [0.2, 0.25) is 0 Å². The Kier molecular flexibility index (Phi) is 5.03. The maximum Gasteiger partial charge on any atom is 0.142 e. The summed E-state index contributed by atoms with van der Waals surface area (Å²) in [6.45, 7) is 3.04. The van der Waals surface area contributed by atoms with Crippen molar-refractivity contribution in [1.82, 2.24) is 9.55 Å². The second-order valence-corrected chi connectivity index (χ2v) is 4.36. The van der Waals surface area contributed by atoms with Crippen LogP contribution in [-0.4, -0.2) is 22.0 Å². The highest BCUT2D eigenvalue weighted by atomic mass is 35.5. The average Bonchev–Trinajstić information content (AvgIpc) is 2.84. The van der Waals surface area contributed by atoms with E-state index in [-0.39, 0.29) is 5.88 Å². The van der Waals surface area contributed by atoms with Crippen LogP contribution in [0.3, 0.4) is 0 Å². The summed E-state index contributed by atoms with van der Waals surface area (Å²) < 4.78 is 21.2. The van der Waals surface area contributed by atoms with Crippen molar-refractivity contribution in [3.8, 4) is 17.6 Å². The van der Waals surface area contributed by atoms with E-state index in [4.69, 9.17) is 16.3 Å². The standard InChI is InChI=1S/C15H14ClFN2O/c1-12-18-7-8-19(12)9-10-20-14-5-4-13(3-2-6-16)15(17)11-14/h4-5,7-8,11H,6,9-10H2,1H3. The number of hydrogen-bond acceptors (Lipinski definition) is 2. The van der Waals surface area contributed by atoms with Gasteiger partial charge in [-0.15, -0.1) is 11.6 Å². The molecule has 20 heavy (non-hydrogen) atoms. The lowest BCUT2D eigenvalue weighted by atomic mass is 10.2. The van der Waals surface area contributed by atoms with E-state index in [0.717, 1.165) is 5.82 Å². The lowest BCUT2D eigenvalue weighted by molar-refractivity contribution is 0.295. The number of alkyl halides is 1. The van der Waals surface area contributed by atoms with Gasteiger partial charge in [0.05, 0.1) is 18.0 Å². The van der Waals surface area contributed by atoms with Crippen LogP contribution in [0.5, 0.6) is 5.75 Å². The topological polar surface area (TPSA) is 27.1 Å². The summed E-state index contributed by atoms with van der Waals surface area (Å²) in [5.74, 6) is 6.45. The van der Waals surface area contributed by atoms with Crippen molar-refractivity contribution in [1.29, 1.82) is 0 Å². The molecule has 0 amide bonds. The van der Waals surface area contributed by atoms with Gasteiger partial charge < -0.3 is 9.30 Å². The molecule has 1 aromatic heterocycles. The largest absolute Gasteiger partial charge is 0.492 e. The maximum absolute atomic E-state index is 13.7. The van der Waals surface area contributed by atoms with Gasteiger partial charge in [0, 0.05) is 18.5 Å². The van der Waals surface area contributed by atoms with Crippen LogP contribution in [0.2, 0.25) is 0 Å². The van der Waals surface area contributed by atoms with Gasteiger partial charge in [-0.2, -0.15) is 0 Å². The molecule has 0 aliphatic carbocycles. The third-order valence-electron chi connectivity index (χ3n) is 2.75. The fourth-order valence-corrected chi connectivity index (χ4v) is 1.78. The molecule has 0 spiro atoms. The van der Waals surface area contributed by atoms with Gasteiger partial charge in [0.15, 0.2) is 0 Å². The zero-order valence-electron chi connectivity index (χ0n) is 11.1. The van der Waals surface area contributed by atoms with Gasteiger partial charge in [0.25, 0.3) is 0 Å². The minimum absolute atomic E-state index is 0.182. The number of imidazole rings is 1. The molecule has 0 radical (unpaired) electrons. The van der Waals surface area contributed by atoms with Gasteiger partial charge in [-0.1, -0.05) is 11.8 Å². The summed E-state index contributed by atoms with van der Waals surface area (Å²) >= 11 is 5.44. The molecular formula is C15H14ClFN2O. The van der Waals surface area contributed by atoms with Gasteiger partial charge in [-0.05, 0) is 19.1 Å². The van der Waals surface area contributed by atoms with Crippen molar-refractivity contribution in [2.24, 2.45) is 0 Å². The van der Waals surface area contributed by atoms with Gasteiger partial charge in [-0.25, -0.2) is 9.37 Å². The molecular weight excluding hydrogens is 279 g/mol. The van der Waals surface area contributed by atoms with Gasteiger partial charge >= 0.3 is 0 Å². The number of halogens is 2. The second kappa shape index (κ2) is 6.97. The highest BCUT2D eigenvalue weighted by Gasteiger charge is 2.03. The highest BCUT2D eigenvalue weighted by Crippen LogP contribution is 2.16. The molecule has 1 aromatic carbocycles. The Labute approximate surface area is 122 Å². The van der Waals surface area contributed by atoms with Crippen molar-refractivity contribution < 1.29 is 9.13 Å². The molecule has 5 heteroatoms. The van der Waals surface area contributed by atoms with E-state index in [2.05, 4.69) is 16.8 Å². The predicted molar refractivity (Wildman–Crippen MR) is 76.5 cm³/mol. The Morgan fingerprint density at radius 2 is 2.30 bits per heavy atom. The Balaban J connectivity index is 1.94. The number of nitrogens with zero attached hydrogens (tertiary/aromatic N) is 2. The van der Waals surface area contributed by atoms with E-state index in [0.29, 0.717) is 24.5 Å². The van der Waals surface area contributed by atoms with Crippen LogP contribution in [-0.2, 0) is 6.54 Å². The lowest BCUT2D eigenvalue weighted by Gasteiger charge is -2.08. The molecule has 2 aromatic rings. The van der Waals surface area contributed by atoms with E-state index in [1.54, 1.807) is 18.3 Å². The number of hydrogen-bond donors (Lipinski definition) is 0. The summed E-state index contributed by atoms with van der Waals surface area (Å²) in [5, 5.41) is 0. The predicted octanol–water partition coefficient (Wildman–Crippen LogP) is 3.00. The zero-order chi connectivity index (χ0) is 14.4. The van der Waals surface area contributed by atoms with Crippen molar-refractivity contribution in [2.75, 3.05) is 12.5 Å². The van der Waals surface area contributed by atoms with E-state index in [1.807, 2.05) is 17.7 Å². The van der Waals surface area contributed by atoms with Crippen LogP contribution in [0.4, 0.5) is 4.39 Å². The zero-order valence-corrected chi connectivity index (χ0v) is 11.8. The van der Waals surface area contributed by atoms with E-state index in [1.165, 1.54) is 6.07 Å². The van der Waals surface area contributed by atoms with Gasteiger partial charge in [-0.3, -0.25) is 0 Å². The van der Waals surface area contributed by atoms with Crippen molar-refractivity contribution in [3.63, 3.8) is 0 Å². The molecule has 0 atom stereocenters. The maximum atomic E-state index is 13.7. The second-order valence-electron chi connectivity index (χ2n) is 4.09. The molecule has 0 fully saturated rings. The molecule has 0 saturated carbocycles. The summed E-state index contributed by atoms with van der Waals surface area (Å²) in [7, 11) is 0. The normalized spacial score (nSPS) is 9.95. The van der Waals surface area contributed by atoms with Crippen LogP contribution in [0, 0.1) is 24.6 Å². The Hall–Kier alpha value is -1.99. The Morgan fingerprint density at radius 3 is 2.95 bits per heavy atom. The van der Waals surface area contributed by atoms with E-state index < -0.39 is 5.82 Å². The quantitative estimate of drug-likeness (QED) is 0.640. The molecule has 3 nitrogen and oxygen atoms in total. The first-order valence-corrected chi connectivity index (χ1v) is 6.69. The third-order valence-corrected chi connectivity index (χ3v) is 2.89. The molecule has 0 saturated heterocycles. The van der Waals surface area contributed by atoms with Crippen LogP contribution < -0.4 is 4.74 Å². The number of aromatic nitrogens is 2. The minimum atomic E-state index is -0.404. The molecule has 0 unspecified atom stereocenters. The fourth-order valence-electron chi connectivity index (χ4n) is 1.72. The van der Waals surface area contributed by atoms with Crippen molar-refractivity contribution in [3.05, 3.63) is 47.8 Å². The van der Waals surface area contributed by atoms with Crippen LogP contribution >= 0.6 is 11.6 Å². The van der Waals surface area contributed by atoms with Crippen molar-refractivity contribution in [2.45, 2.75) is 13.5 Å². The number of aryl methyl sites for hydroxylation is 1. The fraction of sp³-hybridized carbons (Fsp3) is 0.267. The number of rotatable bonds is 4. The Bertz CT molecular complexity index is 643. The summed E-state index contributed by atoms with van der Waals surface area (Å²) in [5.41, 5.74) is 0.323. The third kappa shape index (κ3) is 3.75. The smallest absolute Gasteiger partial charge is 0.142 e. The first-order chi connectivity index (χ1) is 9.70. The van der Waals surface area contributed by atoms with Crippen LogP contribution in [0.15, 0.2) is 30.6 Å². The van der Waals surface area contributed by atoms with Gasteiger partial charge in [0.1, 0.15) is 24.0 Å². The molecule has 0 N–H and O–H groups in total. The summed E-state index contributed by atoms with van der Waals surface area (Å²) in [6, 6.07) is 4.62. The first-order valence-electron chi connectivity index (χ1n) is 6.15. The summed E-state index contributed by atoms with van der Waals surface area (Å²) in [6.07, 6.45) is 3.61. The van der Waals surface area contributed by atoms with Crippen LogP contribution in [0.1, 0.15) is 11.4 Å². The SMILES string of the molecule is Cc1nccn1CCOc1ccc(C#CCCl)c(F)c1. The van der Waals surface area contributed by atoms with E-state index in [9.17, 15) is 4.39 Å². The average molecular weight is 293 g/mol. The molecule has 0 bridgehead atoms. The number of ether oxygens (including phenoxy) is 1. The monoisotopic (exact) mass is 292 g/mol. The molecule has 104 valence electrons. The molecule has 0 aliphatic heterocycles. The number of benzene rings is 1. The molecule has 1 heterocycles. The molecule has 2 rings (SSSR count). The van der Waals surface area contributed by atoms with Crippen LogP contribution in [0.25, 0.3) is 0 Å². The first kappa shape index (κ1) is 14.4. The minimum Gasteiger partial charge on any atom is -0.492 e. The highest BCUT2D eigenvalue weighted by molar-refractivity contribution is 6.19. The van der Waals surface area contributed by atoms with Crippen molar-refractivity contribution >= 4 is 11.6 Å². The van der Waals surface area contributed by atoms with E-state index >= 15 is 0 Å². The lowest BCUT2D eigenvalue weighted by Crippen LogP contribution is -2.08. The Morgan fingerprint density at radius 1 is 1.45 bits per heavy atom.